The zero-order valence-electron chi connectivity index (χ0n) is 13.7. The van der Waals surface area contributed by atoms with Gasteiger partial charge in [0.05, 0.1) is 29.2 Å². The standard InChI is InChI=1S/C18H23N3O2/c1-3-17-16(18(22)19-11-15-8-5-9-23-15)12-20-21(17)14-7-4-6-13(2)10-14/h4,6-7,10,12,15H,3,5,8-9,11H2,1-2H3,(H,19,22)/t15-/m0/s1. The van der Waals surface area contributed by atoms with Crippen LogP contribution in [0, 0.1) is 6.92 Å². The van der Waals surface area contributed by atoms with Crippen molar-refractivity contribution in [1.82, 2.24) is 15.1 Å². The van der Waals surface area contributed by atoms with Crippen molar-refractivity contribution in [2.24, 2.45) is 0 Å². The number of aryl methyl sites for hydroxylation is 1. The van der Waals surface area contributed by atoms with E-state index in [2.05, 4.69) is 16.5 Å². The molecule has 0 spiro atoms. The average molecular weight is 313 g/mol. The molecule has 1 N–H and O–H groups in total. The van der Waals surface area contributed by atoms with Crippen LogP contribution in [0.25, 0.3) is 5.69 Å². The molecule has 1 aliphatic heterocycles. The van der Waals surface area contributed by atoms with Gasteiger partial charge in [0.1, 0.15) is 0 Å². The summed E-state index contributed by atoms with van der Waals surface area (Å²) in [5, 5.41) is 7.40. The van der Waals surface area contributed by atoms with E-state index in [9.17, 15) is 4.79 Å². The number of carbonyl (C=O) groups is 1. The van der Waals surface area contributed by atoms with Crippen LogP contribution in [0.15, 0.2) is 30.5 Å². The van der Waals surface area contributed by atoms with Crippen LogP contribution in [0.2, 0.25) is 0 Å². The molecule has 1 atom stereocenters. The molecule has 2 heterocycles. The highest BCUT2D eigenvalue weighted by atomic mass is 16.5. The second kappa shape index (κ2) is 6.96. The normalized spacial score (nSPS) is 17.4. The summed E-state index contributed by atoms with van der Waals surface area (Å²) < 4.78 is 7.40. The number of nitrogens with zero attached hydrogens (tertiary/aromatic N) is 2. The molecule has 1 aromatic carbocycles. The highest BCUT2D eigenvalue weighted by Gasteiger charge is 2.20. The van der Waals surface area contributed by atoms with E-state index < -0.39 is 0 Å². The van der Waals surface area contributed by atoms with Gasteiger partial charge in [-0.2, -0.15) is 5.10 Å². The number of benzene rings is 1. The second-order valence-corrected chi connectivity index (χ2v) is 5.95. The maximum Gasteiger partial charge on any atom is 0.254 e. The van der Waals surface area contributed by atoms with Gasteiger partial charge in [0.25, 0.3) is 5.91 Å². The first-order chi connectivity index (χ1) is 11.2. The van der Waals surface area contributed by atoms with Crippen LogP contribution in [0.3, 0.4) is 0 Å². The van der Waals surface area contributed by atoms with E-state index in [0.717, 1.165) is 37.3 Å². The summed E-state index contributed by atoms with van der Waals surface area (Å²) in [6, 6.07) is 8.13. The van der Waals surface area contributed by atoms with Crippen LogP contribution in [0.4, 0.5) is 0 Å². The minimum atomic E-state index is -0.0729. The third-order valence-corrected chi connectivity index (χ3v) is 4.21. The van der Waals surface area contributed by atoms with Gasteiger partial charge in [-0.1, -0.05) is 19.1 Å². The Labute approximate surface area is 136 Å². The summed E-state index contributed by atoms with van der Waals surface area (Å²) in [5.41, 5.74) is 3.73. The molecule has 2 aromatic rings. The Hall–Kier alpha value is -2.14. The van der Waals surface area contributed by atoms with Gasteiger partial charge >= 0.3 is 0 Å². The van der Waals surface area contributed by atoms with Gasteiger partial charge in [0.2, 0.25) is 0 Å². The Bertz CT molecular complexity index is 687. The van der Waals surface area contributed by atoms with Crippen LogP contribution in [0.1, 0.15) is 41.4 Å². The van der Waals surface area contributed by atoms with E-state index in [0.29, 0.717) is 12.1 Å². The zero-order chi connectivity index (χ0) is 16.2. The van der Waals surface area contributed by atoms with Crippen LogP contribution in [0.5, 0.6) is 0 Å². The number of amides is 1. The van der Waals surface area contributed by atoms with Crippen molar-refractivity contribution in [2.75, 3.05) is 13.2 Å². The summed E-state index contributed by atoms with van der Waals surface area (Å²) in [7, 11) is 0. The second-order valence-electron chi connectivity index (χ2n) is 5.95. The molecule has 0 unspecified atom stereocenters. The molecule has 122 valence electrons. The fraction of sp³-hybridized carbons (Fsp3) is 0.444. The predicted octanol–water partition coefficient (Wildman–Crippen LogP) is 2.65. The molecule has 1 aliphatic rings. The first-order valence-corrected chi connectivity index (χ1v) is 8.22. The van der Waals surface area contributed by atoms with Gasteiger partial charge in [-0.3, -0.25) is 4.79 Å². The van der Waals surface area contributed by atoms with E-state index in [1.165, 1.54) is 5.56 Å². The summed E-state index contributed by atoms with van der Waals surface area (Å²) in [5.74, 6) is -0.0729. The maximum atomic E-state index is 12.5. The molecule has 1 aromatic heterocycles. The number of ether oxygens (including phenoxy) is 1. The molecule has 3 rings (SSSR count). The fourth-order valence-electron chi connectivity index (χ4n) is 2.99. The molecule has 23 heavy (non-hydrogen) atoms. The zero-order valence-corrected chi connectivity index (χ0v) is 13.7. The lowest BCUT2D eigenvalue weighted by molar-refractivity contribution is 0.0857. The summed E-state index contributed by atoms with van der Waals surface area (Å²) >= 11 is 0. The Kier molecular flexibility index (Phi) is 4.76. The highest BCUT2D eigenvalue weighted by Crippen LogP contribution is 2.17. The quantitative estimate of drug-likeness (QED) is 0.923. The average Bonchev–Trinajstić information content (AvgIpc) is 3.21. The van der Waals surface area contributed by atoms with Crippen molar-refractivity contribution in [3.05, 3.63) is 47.3 Å². The molecule has 0 saturated carbocycles. The molecule has 0 aliphatic carbocycles. The van der Waals surface area contributed by atoms with Crippen molar-refractivity contribution in [3.63, 3.8) is 0 Å². The highest BCUT2D eigenvalue weighted by molar-refractivity contribution is 5.95. The summed E-state index contributed by atoms with van der Waals surface area (Å²) in [6.07, 6.45) is 4.65. The van der Waals surface area contributed by atoms with E-state index in [1.807, 2.05) is 36.7 Å². The molecule has 5 nitrogen and oxygen atoms in total. The molecular weight excluding hydrogens is 290 g/mol. The topological polar surface area (TPSA) is 56.1 Å². The van der Waals surface area contributed by atoms with E-state index in [4.69, 9.17) is 4.74 Å². The molecule has 5 heteroatoms. The van der Waals surface area contributed by atoms with E-state index in [-0.39, 0.29) is 12.0 Å². The van der Waals surface area contributed by atoms with Gasteiger partial charge in [0, 0.05) is 13.2 Å². The van der Waals surface area contributed by atoms with Gasteiger partial charge in [0.15, 0.2) is 0 Å². The third kappa shape index (κ3) is 3.45. The molecular formula is C18H23N3O2. The van der Waals surface area contributed by atoms with Gasteiger partial charge in [-0.25, -0.2) is 4.68 Å². The molecule has 1 amide bonds. The van der Waals surface area contributed by atoms with Crippen molar-refractivity contribution in [3.8, 4) is 5.69 Å². The van der Waals surface area contributed by atoms with Crippen molar-refractivity contribution < 1.29 is 9.53 Å². The Morgan fingerprint density at radius 2 is 2.35 bits per heavy atom. The van der Waals surface area contributed by atoms with Crippen LogP contribution in [-0.2, 0) is 11.2 Å². The maximum absolute atomic E-state index is 12.5. The third-order valence-electron chi connectivity index (χ3n) is 4.21. The summed E-state index contributed by atoms with van der Waals surface area (Å²) in [6.45, 7) is 5.46. The number of hydrogen-bond acceptors (Lipinski definition) is 3. The lowest BCUT2D eigenvalue weighted by Crippen LogP contribution is -2.32. The lowest BCUT2D eigenvalue weighted by atomic mass is 10.1. The largest absolute Gasteiger partial charge is 0.376 e. The monoisotopic (exact) mass is 313 g/mol. The van der Waals surface area contributed by atoms with Gasteiger partial charge in [-0.15, -0.1) is 0 Å². The minimum Gasteiger partial charge on any atom is -0.376 e. The Balaban J connectivity index is 1.78. The smallest absolute Gasteiger partial charge is 0.254 e. The SMILES string of the molecule is CCc1c(C(=O)NC[C@@H]2CCCO2)cnn1-c1cccc(C)c1. The summed E-state index contributed by atoms with van der Waals surface area (Å²) in [4.78, 5) is 12.5. The lowest BCUT2D eigenvalue weighted by Gasteiger charge is -2.11. The fourth-order valence-corrected chi connectivity index (χ4v) is 2.99. The number of aromatic nitrogens is 2. The number of rotatable bonds is 5. The predicted molar refractivity (Wildman–Crippen MR) is 89.0 cm³/mol. The van der Waals surface area contributed by atoms with Crippen molar-refractivity contribution in [1.29, 1.82) is 0 Å². The first-order valence-electron chi connectivity index (χ1n) is 8.22. The van der Waals surface area contributed by atoms with Crippen LogP contribution < -0.4 is 5.32 Å². The van der Waals surface area contributed by atoms with Crippen molar-refractivity contribution >= 4 is 5.91 Å². The first kappa shape index (κ1) is 15.7. The number of nitrogens with one attached hydrogen (secondary N) is 1. The Morgan fingerprint density at radius 1 is 1.48 bits per heavy atom. The molecule has 1 fully saturated rings. The Morgan fingerprint density at radius 3 is 3.04 bits per heavy atom. The van der Waals surface area contributed by atoms with Crippen LogP contribution >= 0.6 is 0 Å². The van der Waals surface area contributed by atoms with Crippen molar-refractivity contribution in [2.45, 2.75) is 39.2 Å². The minimum absolute atomic E-state index is 0.0729. The van der Waals surface area contributed by atoms with Crippen LogP contribution in [-0.4, -0.2) is 34.9 Å². The molecule has 0 radical (unpaired) electrons. The van der Waals surface area contributed by atoms with E-state index in [1.54, 1.807) is 6.20 Å². The number of hydrogen-bond donors (Lipinski definition) is 1. The van der Waals surface area contributed by atoms with Gasteiger partial charge in [-0.05, 0) is 43.9 Å². The number of carbonyl (C=O) groups excluding carboxylic acids is 1. The van der Waals surface area contributed by atoms with E-state index >= 15 is 0 Å². The van der Waals surface area contributed by atoms with Gasteiger partial charge < -0.3 is 10.1 Å². The molecule has 1 saturated heterocycles. The molecule has 0 bridgehead atoms.